The van der Waals surface area contributed by atoms with Crippen molar-refractivity contribution in [2.45, 2.75) is 13.0 Å². The van der Waals surface area contributed by atoms with Crippen LogP contribution in [0.3, 0.4) is 0 Å². The quantitative estimate of drug-likeness (QED) is 0.390. The number of rotatable bonds is 8. The van der Waals surface area contributed by atoms with Crippen LogP contribution in [0.15, 0.2) is 78.3 Å². The van der Waals surface area contributed by atoms with Crippen molar-refractivity contribution in [2.24, 2.45) is 0 Å². The number of halogens is 1. The fourth-order valence-electron chi connectivity index (χ4n) is 3.00. The van der Waals surface area contributed by atoms with Gasteiger partial charge < -0.3 is 10.1 Å². The molecule has 0 aliphatic carbocycles. The van der Waals surface area contributed by atoms with Gasteiger partial charge in [-0.15, -0.1) is 11.3 Å². The Labute approximate surface area is 189 Å². The van der Waals surface area contributed by atoms with Crippen LogP contribution in [0.5, 0.6) is 5.75 Å². The molecule has 0 spiro atoms. The average Bonchev–Trinajstić information content (AvgIpc) is 3.29. The molecule has 0 aliphatic rings. The monoisotopic (exact) mass is 449 g/mol. The summed E-state index contributed by atoms with van der Waals surface area (Å²) in [5.41, 5.74) is 3.16. The van der Waals surface area contributed by atoms with Gasteiger partial charge >= 0.3 is 0 Å². The molecular formula is C24H20ClN3O2S. The van der Waals surface area contributed by atoms with Crippen LogP contribution in [-0.2, 0) is 13.0 Å². The SMILES string of the molecule is O=C(NCCc1ccccn1)c1csc(-c2ccccc2OCc2cccc(Cl)c2)n1. The molecule has 1 amide bonds. The van der Waals surface area contributed by atoms with Gasteiger partial charge in [-0.05, 0) is 42.0 Å². The summed E-state index contributed by atoms with van der Waals surface area (Å²) in [6, 6.07) is 21.0. The predicted octanol–water partition coefficient (Wildman–Crippen LogP) is 5.41. The Morgan fingerprint density at radius 3 is 2.77 bits per heavy atom. The van der Waals surface area contributed by atoms with Crippen LogP contribution in [0.1, 0.15) is 21.7 Å². The number of thiazole rings is 1. The molecule has 2 heterocycles. The van der Waals surface area contributed by atoms with Crippen molar-refractivity contribution >= 4 is 28.8 Å². The second-order valence-corrected chi connectivity index (χ2v) is 8.07. The molecule has 0 fully saturated rings. The number of nitrogens with zero attached hydrogens (tertiary/aromatic N) is 2. The van der Waals surface area contributed by atoms with Gasteiger partial charge in [0.25, 0.3) is 5.91 Å². The number of amides is 1. The molecular weight excluding hydrogens is 430 g/mol. The van der Waals surface area contributed by atoms with Gasteiger partial charge in [-0.2, -0.15) is 0 Å². The van der Waals surface area contributed by atoms with Crippen LogP contribution < -0.4 is 10.1 Å². The van der Waals surface area contributed by atoms with E-state index in [-0.39, 0.29) is 5.91 Å². The van der Waals surface area contributed by atoms with Gasteiger partial charge in [0.05, 0.1) is 5.56 Å². The van der Waals surface area contributed by atoms with Crippen molar-refractivity contribution in [3.63, 3.8) is 0 Å². The molecule has 0 radical (unpaired) electrons. The van der Waals surface area contributed by atoms with Crippen molar-refractivity contribution in [3.8, 4) is 16.3 Å². The lowest BCUT2D eigenvalue weighted by molar-refractivity contribution is 0.0950. The first-order chi connectivity index (χ1) is 15.2. The zero-order chi connectivity index (χ0) is 21.5. The number of pyridine rings is 1. The summed E-state index contributed by atoms with van der Waals surface area (Å²) in [6.45, 7) is 0.895. The number of hydrogen-bond donors (Lipinski definition) is 1. The highest BCUT2D eigenvalue weighted by molar-refractivity contribution is 7.13. The van der Waals surface area contributed by atoms with E-state index >= 15 is 0 Å². The number of nitrogens with one attached hydrogen (secondary N) is 1. The summed E-state index contributed by atoms with van der Waals surface area (Å²) < 4.78 is 6.02. The van der Waals surface area contributed by atoms with Crippen molar-refractivity contribution in [1.82, 2.24) is 15.3 Å². The van der Waals surface area contributed by atoms with Crippen LogP contribution in [0.4, 0.5) is 0 Å². The third-order valence-electron chi connectivity index (χ3n) is 4.53. The highest BCUT2D eigenvalue weighted by Gasteiger charge is 2.14. The Morgan fingerprint density at radius 2 is 1.94 bits per heavy atom. The fourth-order valence-corrected chi connectivity index (χ4v) is 4.04. The summed E-state index contributed by atoms with van der Waals surface area (Å²) in [4.78, 5) is 21.3. The minimum atomic E-state index is -0.198. The van der Waals surface area contributed by atoms with E-state index in [1.807, 2.05) is 66.7 Å². The van der Waals surface area contributed by atoms with Gasteiger partial charge in [0.1, 0.15) is 23.1 Å². The van der Waals surface area contributed by atoms with E-state index in [4.69, 9.17) is 16.3 Å². The molecule has 7 heteroatoms. The third kappa shape index (κ3) is 5.69. The van der Waals surface area contributed by atoms with E-state index in [0.29, 0.717) is 36.0 Å². The zero-order valence-electron chi connectivity index (χ0n) is 16.6. The molecule has 4 aromatic rings. The number of benzene rings is 2. The summed E-state index contributed by atoms with van der Waals surface area (Å²) in [6.07, 6.45) is 2.42. The second-order valence-electron chi connectivity index (χ2n) is 6.78. The van der Waals surface area contributed by atoms with E-state index in [1.54, 1.807) is 11.6 Å². The smallest absolute Gasteiger partial charge is 0.270 e. The first-order valence-corrected chi connectivity index (χ1v) is 11.0. The maximum absolute atomic E-state index is 12.5. The maximum Gasteiger partial charge on any atom is 0.270 e. The molecule has 4 rings (SSSR count). The number of carbonyl (C=O) groups is 1. The molecule has 0 aliphatic heterocycles. The third-order valence-corrected chi connectivity index (χ3v) is 5.64. The highest BCUT2D eigenvalue weighted by Crippen LogP contribution is 2.32. The number of hydrogen-bond acceptors (Lipinski definition) is 5. The van der Waals surface area contributed by atoms with E-state index in [9.17, 15) is 4.79 Å². The van der Waals surface area contributed by atoms with E-state index in [0.717, 1.165) is 21.8 Å². The van der Waals surface area contributed by atoms with E-state index < -0.39 is 0 Å². The number of aromatic nitrogens is 2. The Bertz CT molecular complexity index is 1160. The van der Waals surface area contributed by atoms with Crippen LogP contribution in [-0.4, -0.2) is 22.4 Å². The summed E-state index contributed by atoms with van der Waals surface area (Å²) in [7, 11) is 0. The molecule has 0 unspecified atom stereocenters. The van der Waals surface area contributed by atoms with Gasteiger partial charge in [-0.3, -0.25) is 9.78 Å². The lowest BCUT2D eigenvalue weighted by atomic mass is 10.2. The Kier molecular flexibility index (Phi) is 6.92. The standard InChI is InChI=1S/C24H20ClN3O2S/c25-18-7-5-6-17(14-18)15-30-22-10-2-1-9-20(22)24-28-21(16-31-24)23(29)27-13-11-19-8-3-4-12-26-19/h1-10,12,14,16H,11,13,15H2,(H,27,29). The van der Waals surface area contributed by atoms with Gasteiger partial charge in [-0.1, -0.05) is 41.9 Å². The normalized spacial score (nSPS) is 10.6. The molecule has 156 valence electrons. The van der Waals surface area contributed by atoms with Crippen molar-refractivity contribution in [2.75, 3.05) is 6.54 Å². The average molecular weight is 450 g/mol. The minimum absolute atomic E-state index is 0.198. The zero-order valence-corrected chi connectivity index (χ0v) is 18.2. The van der Waals surface area contributed by atoms with Crippen molar-refractivity contribution in [1.29, 1.82) is 0 Å². The van der Waals surface area contributed by atoms with Crippen LogP contribution >= 0.6 is 22.9 Å². The molecule has 0 saturated heterocycles. The first kappa shape index (κ1) is 21.0. The van der Waals surface area contributed by atoms with Gasteiger partial charge in [0, 0.05) is 35.3 Å². The fraction of sp³-hybridized carbons (Fsp3) is 0.125. The first-order valence-electron chi connectivity index (χ1n) is 9.79. The molecule has 0 bridgehead atoms. The summed E-state index contributed by atoms with van der Waals surface area (Å²) >= 11 is 7.47. The topological polar surface area (TPSA) is 64.1 Å². The second kappa shape index (κ2) is 10.2. The van der Waals surface area contributed by atoms with Gasteiger partial charge in [0.15, 0.2) is 0 Å². The van der Waals surface area contributed by atoms with Crippen molar-refractivity contribution in [3.05, 3.63) is 100 Å². The predicted molar refractivity (Wildman–Crippen MR) is 124 cm³/mol. The molecule has 31 heavy (non-hydrogen) atoms. The molecule has 2 aromatic carbocycles. The molecule has 2 aromatic heterocycles. The minimum Gasteiger partial charge on any atom is -0.488 e. The lowest BCUT2D eigenvalue weighted by Crippen LogP contribution is -2.26. The summed E-state index contributed by atoms with van der Waals surface area (Å²) in [5, 5.41) is 6.07. The highest BCUT2D eigenvalue weighted by atomic mass is 35.5. The summed E-state index contributed by atoms with van der Waals surface area (Å²) in [5.74, 6) is 0.509. The van der Waals surface area contributed by atoms with Crippen LogP contribution in [0.25, 0.3) is 10.6 Å². The van der Waals surface area contributed by atoms with Crippen LogP contribution in [0, 0.1) is 0 Å². The number of carbonyl (C=O) groups excluding carboxylic acids is 1. The molecule has 0 saturated carbocycles. The molecule has 0 atom stereocenters. The molecule has 1 N–H and O–H groups in total. The maximum atomic E-state index is 12.5. The lowest BCUT2D eigenvalue weighted by Gasteiger charge is -2.10. The molecule has 5 nitrogen and oxygen atoms in total. The van der Waals surface area contributed by atoms with E-state index in [2.05, 4.69) is 15.3 Å². The Morgan fingerprint density at radius 1 is 1.06 bits per heavy atom. The number of ether oxygens (including phenoxy) is 1. The Balaban J connectivity index is 1.40. The van der Waals surface area contributed by atoms with E-state index in [1.165, 1.54) is 11.3 Å². The van der Waals surface area contributed by atoms with Crippen molar-refractivity contribution < 1.29 is 9.53 Å². The van der Waals surface area contributed by atoms with Gasteiger partial charge in [0.2, 0.25) is 0 Å². The van der Waals surface area contributed by atoms with Gasteiger partial charge in [-0.25, -0.2) is 4.98 Å². The van der Waals surface area contributed by atoms with Crippen LogP contribution in [0.2, 0.25) is 5.02 Å². The number of para-hydroxylation sites is 1. The largest absolute Gasteiger partial charge is 0.488 e. The Hall–Kier alpha value is -3.22.